The van der Waals surface area contributed by atoms with Gasteiger partial charge in [0, 0.05) is 29.5 Å². The quantitative estimate of drug-likeness (QED) is 0.730. The summed E-state index contributed by atoms with van der Waals surface area (Å²) in [4.78, 5) is 14.8. The van der Waals surface area contributed by atoms with Crippen LogP contribution in [0.3, 0.4) is 0 Å². The maximum Gasteiger partial charge on any atom is 0.178 e. The Morgan fingerprint density at radius 1 is 1.23 bits per heavy atom. The van der Waals surface area contributed by atoms with Crippen LogP contribution in [0, 0.1) is 13.8 Å². The molecule has 0 aliphatic carbocycles. The van der Waals surface area contributed by atoms with Crippen LogP contribution in [0.4, 0.5) is 0 Å². The van der Waals surface area contributed by atoms with Gasteiger partial charge in [0.15, 0.2) is 15.6 Å². The zero-order chi connectivity index (χ0) is 18.9. The summed E-state index contributed by atoms with van der Waals surface area (Å²) in [7, 11) is -1.02. The van der Waals surface area contributed by atoms with Gasteiger partial charge in [0.05, 0.1) is 18.1 Å². The van der Waals surface area contributed by atoms with Crippen molar-refractivity contribution in [1.29, 1.82) is 0 Å². The second-order valence-electron chi connectivity index (χ2n) is 7.29. The van der Waals surface area contributed by atoms with E-state index in [0.717, 1.165) is 11.4 Å². The summed E-state index contributed by atoms with van der Waals surface area (Å²) in [6.07, 6.45) is 0.625. The van der Waals surface area contributed by atoms with Gasteiger partial charge in [0.25, 0.3) is 0 Å². The molecular formula is C20H26N2O3S. The number of sulfone groups is 1. The fourth-order valence-corrected chi connectivity index (χ4v) is 5.58. The molecule has 2 aromatic rings. The van der Waals surface area contributed by atoms with E-state index >= 15 is 0 Å². The molecule has 5 nitrogen and oxygen atoms in total. The molecule has 1 atom stereocenters. The van der Waals surface area contributed by atoms with Crippen LogP contribution in [-0.2, 0) is 16.4 Å². The third-order valence-corrected chi connectivity index (χ3v) is 6.82. The van der Waals surface area contributed by atoms with Gasteiger partial charge < -0.3 is 4.57 Å². The maximum absolute atomic E-state index is 12.8. The maximum atomic E-state index is 12.8. The number of benzene rings is 1. The third-order valence-electron chi connectivity index (χ3n) is 5.07. The lowest BCUT2D eigenvalue weighted by atomic mass is 10.1. The summed E-state index contributed by atoms with van der Waals surface area (Å²) in [5.74, 6) is 0.478. The summed E-state index contributed by atoms with van der Waals surface area (Å²) in [5, 5.41) is 0. The monoisotopic (exact) mass is 374 g/mol. The molecule has 0 saturated carbocycles. The van der Waals surface area contributed by atoms with E-state index in [-0.39, 0.29) is 23.3 Å². The lowest BCUT2D eigenvalue weighted by Crippen LogP contribution is -2.26. The zero-order valence-electron chi connectivity index (χ0n) is 15.6. The zero-order valence-corrected chi connectivity index (χ0v) is 16.4. The van der Waals surface area contributed by atoms with E-state index in [1.54, 1.807) is 0 Å². The Morgan fingerprint density at radius 2 is 1.92 bits per heavy atom. The number of carbonyl (C=O) groups excluding carboxylic acids is 1. The average molecular weight is 375 g/mol. The summed E-state index contributed by atoms with van der Waals surface area (Å²) >= 11 is 0. The van der Waals surface area contributed by atoms with E-state index in [1.807, 2.05) is 66.8 Å². The Bertz CT molecular complexity index is 901. The molecule has 1 saturated heterocycles. The molecule has 1 unspecified atom stereocenters. The van der Waals surface area contributed by atoms with Crippen molar-refractivity contribution in [1.82, 2.24) is 9.47 Å². The fourth-order valence-electron chi connectivity index (χ4n) is 3.88. The van der Waals surface area contributed by atoms with Crippen LogP contribution in [0.5, 0.6) is 0 Å². The van der Waals surface area contributed by atoms with Crippen molar-refractivity contribution in [2.75, 3.05) is 25.1 Å². The van der Waals surface area contributed by atoms with Crippen LogP contribution in [0.15, 0.2) is 36.4 Å². The molecule has 0 N–H and O–H groups in total. The third kappa shape index (κ3) is 4.07. The van der Waals surface area contributed by atoms with E-state index in [0.29, 0.717) is 25.1 Å². The first-order valence-corrected chi connectivity index (χ1v) is 10.7. The highest BCUT2D eigenvalue weighted by Crippen LogP contribution is 2.29. The average Bonchev–Trinajstić information content (AvgIpc) is 3.06. The molecule has 3 rings (SSSR count). The topological polar surface area (TPSA) is 59.4 Å². The normalized spacial score (nSPS) is 19.2. The molecule has 0 radical (unpaired) electrons. The summed E-state index contributed by atoms with van der Waals surface area (Å²) in [6, 6.07) is 11.9. The Kier molecular flexibility index (Phi) is 5.34. The van der Waals surface area contributed by atoms with Gasteiger partial charge in [0.1, 0.15) is 0 Å². The summed E-state index contributed by atoms with van der Waals surface area (Å²) in [5.41, 5.74) is 3.71. The lowest BCUT2D eigenvalue weighted by molar-refractivity contribution is 0.0942. The van der Waals surface area contributed by atoms with Crippen LogP contribution >= 0.6 is 0 Å². The van der Waals surface area contributed by atoms with Crippen LogP contribution in [-0.4, -0.2) is 48.8 Å². The highest BCUT2D eigenvalue weighted by atomic mass is 32.2. The number of carbonyl (C=O) groups is 1. The lowest BCUT2D eigenvalue weighted by Gasteiger charge is -2.17. The van der Waals surface area contributed by atoms with E-state index in [1.165, 1.54) is 5.56 Å². The molecule has 0 amide bonds. The minimum atomic E-state index is -2.96. The number of rotatable bonds is 6. The van der Waals surface area contributed by atoms with Gasteiger partial charge in [-0.3, -0.25) is 9.69 Å². The van der Waals surface area contributed by atoms with Crippen molar-refractivity contribution < 1.29 is 13.2 Å². The van der Waals surface area contributed by atoms with Crippen molar-refractivity contribution in [3.05, 3.63) is 58.9 Å². The smallest absolute Gasteiger partial charge is 0.178 e. The Morgan fingerprint density at radius 3 is 2.54 bits per heavy atom. The van der Waals surface area contributed by atoms with Gasteiger partial charge in [-0.2, -0.15) is 0 Å². The van der Waals surface area contributed by atoms with Gasteiger partial charge in [-0.05, 0) is 38.9 Å². The van der Waals surface area contributed by atoms with Gasteiger partial charge in [-0.1, -0.05) is 30.3 Å². The minimum absolute atomic E-state index is 0.0522. The molecule has 0 spiro atoms. The van der Waals surface area contributed by atoms with Crippen molar-refractivity contribution in [3.8, 4) is 0 Å². The molecule has 1 aliphatic rings. The fraction of sp³-hybridized carbons (Fsp3) is 0.450. The standard InChI is InChI=1S/C20H26N2O3S/c1-15-11-19(16(2)22(15)18-9-10-26(24,25)14-18)20(23)13-21(3)12-17-7-5-4-6-8-17/h4-8,11,18H,9-10,12-14H2,1-3H3. The molecule has 2 heterocycles. The van der Waals surface area contributed by atoms with E-state index in [4.69, 9.17) is 0 Å². The molecule has 1 aromatic heterocycles. The van der Waals surface area contributed by atoms with Gasteiger partial charge >= 0.3 is 0 Å². The molecule has 1 aliphatic heterocycles. The van der Waals surface area contributed by atoms with Crippen molar-refractivity contribution in [3.63, 3.8) is 0 Å². The highest BCUT2D eigenvalue weighted by molar-refractivity contribution is 7.91. The Hall–Kier alpha value is -1.92. The second kappa shape index (κ2) is 7.37. The van der Waals surface area contributed by atoms with E-state index in [2.05, 4.69) is 0 Å². The molecule has 6 heteroatoms. The SMILES string of the molecule is Cc1cc(C(=O)CN(C)Cc2ccccc2)c(C)n1C1CCS(=O)(=O)C1. The second-order valence-corrected chi connectivity index (χ2v) is 9.52. The number of ketones is 1. The first-order chi connectivity index (χ1) is 12.3. The number of Topliss-reactive ketones (excluding diaryl/α,β-unsaturated/α-hetero) is 1. The minimum Gasteiger partial charge on any atom is -0.344 e. The number of nitrogens with zero attached hydrogens (tertiary/aromatic N) is 2. The Labute approximate surface area is 155 Å². The molecule has 0 bridgehead atoms. The highest BCUT2D eigenvalue weighted by Gasteiger charge is 2.31. The van der Waals surface area contributed by atoms with Crippen molar-refractivity contribution in [2.45, 2.75) is 32.9 Å². The number of aryl methyl sites for hydroxylation is 1. The molecular weight excluding hydrogens is 348 g/mol. The Balaban J connectivity index is 1.73. The van der Waals surface area contributed by atoms with Crippen molar-refractivity contribution in [2.24, 2.45) is 0 Å². The summed E-state index contributed by atoms with van der Waals surface area (Å²) < 4.78 is 25.7. The van der Waals surface area contributed by atoms with Gasteiger partial charge in [0.2, 0.25) is 0 Å². The molecule has 1 fully saturated rings. The van der Waals surface area contributed by atoms with Crippen LogP contribution in [0.25, 0.3) is 0 Å². The predicted octanol–water partition coefficient (Wildman–Crippen LogP) is 2.78. The van der Waals surface area contributed by atoms with Crippen molar-refractivity contribution >= 4 is 15.6 Å². The molecule has 1 aromatic carbocycles. The van der Waals surface area contributed by atoms with E-state index < -0.39 is 9.84 Å². The summed E-state index contributed by atoms with van der Waals surface area (Å²) in [6.45, 7) is 4.92. The van der Waals surface area contributed by atoms with Crippen LogP contribution < -0.4 is 0 Å². The van der Waals surface area contributed by atoms with Gasteiger partial charge in [-0.15, -0.1) is 0 Å². The number of aromatic nitrogens is 1. The van der Waals surface area contributed by atoms with E-state index in [9.17, 15) is 13.2 Å². The largest absolute Gasteiger partial charge is 0.344 e. The number of hydrogen-bond acceptors (Lipinski definition) is 4. The van der Waals surface area contributed by atoms with Crippen LogP contribution in [0.2, 0.25) is 0 Å². The first-order valence-electron chi connectivity index (χ1n) is 8.91. The van der Waals surface area contributed by atoms with Crippen LogP contribution in [0.1, 0.15) is 39.8 Å². The number of likely N-dealkylation sites (N-methyl/N-ethyl adjacent to an activating group) is 1. The first kappa shape index (κ1) is 18.9. The predicted molar refractivity (Wildman–Crippen MR) is 103 cm³/mol. The number of hydrogen-bond donors (Lipinski definition) is 0. The molecule has 140 valence electrons. The van der Waals surface area contributed by atoms with Gasteiger partial charge in [-0.25, -0.2) is 8.42 Å². The molecule has 26 heavy (non-hydrogen) atoms.